The first kappa shape index (κ1) is 11.5. The number of halogens is 2. The lowest BCUT2D eigenvalue weighted by Gasteiger charge is -2.05. The van der Waals surface area contributed by atoms with E-state index in [2.05, 4.69) is 30.9 Å². The number of rotatable bonds is 2. The van der Waals surface area contributed by atoms with Gasteiger partial charge in [0.15, 0.2) is 5.82 Å². The van der Waals surface area contributed by atoms with E-state index in [0.29, 0.717) is 27.6 Å². The summed E-state index contributed by atoms with van der Waals surface area (Å²) >= 11 is 3.25. The molecule has 92 valence electrons. The van der Waals surface area contributed by atoms with Gasteiger partial charge in [-0.05, 0) is 31.0 Å². The summed E-state index contributed by atoms with van der Waals surface area (Å²) in [5, 5.41) is 0. The molecule has 1 saturated carbocycles. The molecular formula is C12H10BrFN4. The van der Waals surface area contributed by atoms with Gasteiger partial charge in [-0.25, -0.2) is 9.37 Å². The van der Waals surface area contributed by atoms with Crippen molar-refractivity contribution >= 4 is 21.9 Å². The van der Waals surface area contributed by atoms with Crippen LogP contribution in [0, 0.1) is 5.82 Å². The van der Waals surface area contributed by atoms with Crippen LogP contribution >= 0.6 is 15.9 Å². The number of hydrogen-bond acceptors (Lipinski definition) is 4. The first-order valence-electron chi connectivity index (χ1n) is 5.60. The molecule has 2 N–H and O–H groups in total. The molecule has 0 atom stereocenters. The van der Waals surface area contributed by atoms with Gasteiger partial charge in [-0.3, -0.25) is 0 Å². The summed E-state index contributed by atoms with van der Waals surface area (Å²) in [4.78, 5) is 12.5. The molecular weight excluding hydrogens is 299 g/mol. The van der Waals surface area contributed by atoms with E-state index in [1.54, 1.807) is 6.07 Å². The number of nitrogen functional groups attached to an aromatic ring is 1. The molecule has 3 rings (SSSR count). The third-order valence-electron chi connectivity index (χ3n) is 2.73. The largest absolute Gasteiger partial charge is 0.368 e. The molecule has 1 fully saturated rings. The lowest BCUT2D eigenvalue weighted by atomic mass is 10.2. The van der Waals surface area contributed by atoms with Crippen molar-refractivity contribution in [3.63, 3.8) is 0 Å². The van der Waals surface area contributed by atoms with Crippen molar-refractivity contribution in [2.24, 2.45) is 0 Å². The fourth-order valence-electron chi connectivity index (χ4n) is 1.75. The fourth-order valence-corrected chi connectivity index (χ4v) is 2.21. The highest BCUT2D eigenvalue weighted by Crippen LogP contribution is 2.38. The van der Waals surface area contributed by atoms with Crippen LogP contribution < -0.4 is 5.73 Å². The molecule has 0 bridgehead atoms. The molecule has 0 aliphatic heterocycles. The van der Waals surface area contributed by atoms with Gasteiger partial charge in [0.25, 0.3) is 0 Å². The van der Waals surface area contributed by atoms with Gasteiger partial charge in [-0.15, -0.1) is 0 Å². The van der Waals surface area contributed by atoms with Crippen molar-refractivity contribution in [1.29, 1.82) is 0 Å². The molecule has 18 heavy (non-hydrogen) atoms. The van der Waals surface area contributed by atoms with Crippen LogP contribution in [0.25, 0.3) is 11.4 Å². The quantitative estimate of drug-likeness (QED) is 0.926. The Bertz CT molecular complexity index is 593. The van der Waals surface area contributed by atoms with Crippen LogP contribution in [0.15, 0.2) is 22.7 Å². The van der Waals surface area contributed by atoms with E-state index >= 15 is 0 Å². The Hall–Kier alpha value is -1.56. The van der Waals surface area contributed by atoms with Gasteiger partial charge in [-0.2, -0.15) is 9.97 Å². The minimum atomic E-state index is -0.341. The molecule has 0 radical (unpaired) electrons. The second-order valence-electron chi connectivity index (χ2n) is 4.31. The zero-order valence-electron chi connectivity index (χ0n) is 9.40. The molecule has 1 aliphatic rings. The van der Waals surface area contributed by atoms with Crippen LogP contribution in [-0.2, 0) is 0 Å². The molecule has 1 aromatic heterocycles. The Kier molecular flexibility index (Phi) is 2.74. The van der Waals surface area contributed by atoms with E-state index in [1.807, 2.05) is 0 Å². The molecule has 2 aromatic rings. The van der Waals surface area contributed by atoms with Gasteiger partial charge in [0.05, 0.1) is 0 Å². The Labute approximate surface area is 112 Å². The van der Waals surface area contributed by atoms with E-state index in [4.69, 9.17) is 5.73 Å². The third-order valence-corrected chi connectivity index (χ3v) is 3.19. The second-order valence-corrected chi connectivity index (χ2v) is 5.22. The number of hydrogen-bond donors (Lipinski definition) is 1. The topological polar surface area (TPSA) is 64.7 Å². The van der Waals surface area contributed by atoms with Gasteiger partial charge in [-0.1, -0.05) is 15.9 Å². The summed E-state index contributed by atoms with van der Waals surface area (Å²) in [6.07, 6.45) is 2.16. The lowest BCUT2D eigenvalue weighted by Crippen LogP contribution is -2.04. The van der Waals surface area contributed by atoms with Crippen LogP contribution in [-0.4, -0.2) is 15.0 Å². The Morgan fingerprint density at radius 3 is 2.61 bits per heavy atom. The van der Waals surface area contributed by atoms with Gasteiger partial charge >= 0.3 is 0 Å². The maximum atomic E-state index is 13.4. The molecule has 6 heteroatoms. The highest BCUT2D eigenvalue weighted by Gasteiger charge is 2.27. The Morgan fingerprint density at radius 2 is 1.94 bits per heavy atom. The molecule has 1 aliphatic carbocycles. The number of benzene rings is 1. The standard InChI is InChI=1S/C12H10BrFN4/c13-8-3-7(4-9(14)5-8)11-16-10(6-1-2-6)17-12(15)18-11/h3-6H,1-2H2,(H2,15,16,17,18). The van der Waals surface area contributed by atoms with Crippen molar-refractivity contribution < 1.29 is 4.39 Å². The number of aromatic nitrogens is 3. The van der Waals surface area contributed by atoms with Gasteiger partial charge in [0.1, 0.15) is 11.6 Å². The predicted octanol–water partition coefficient (Wildman–Crippen LogP) is 2.90. The summed E-state index contributed by atoms with van der Waals surface area (Å²) in [7, 11) is 0. The van der Waals surface area contributed by atoms with Crippen LogP contribution in [0.5, 0.6) is 0 Å². The van der Waals surface area contributed by atoms with Crippen LogP contribution in [0.1, 0.15) is 24.6 Å². The van der Waals surface area contributed by atoms with Gasteiger partial charge in [0, 0.05) is 16.0 Å². The molecule has 1 aromatic carbocycles. The number of anilines is 1. The highest BCUT2D eigenvalue weighted by atomic mass is 79.9. The average Bonchev–Trinajstić information content (AvgIpc) is 3.10. The minimum absolute atomic E-state index is 0.183. The predicted molar refractivity (Wildman–Crippen MR) is 69.3 cm³/mol. The molecule has 0 amide bonds. The maximum Gasteiger partial charge on any atom is 0.223 e. The van der Waals surface area contributed by atoms with Gasteiger partial charge < -0.3 is 5.73 Å². The van der Waals surface area contributed by atoms with Gasteiger partial charge in [0.2, 0.25) is 5.95 Å². The van der Waals surface area contributed by atoms with Crippen LogP contribution in [0.4, 0.5) is 10.3 Å². The minimum Gasteiger partial charge on any atom is -0.368 e. The summed E-state index contributed by atoms with van der Waals surface area (Å²) in [6.45, 7) is 0. The van der Waals surface area contributed by atoms with E-state index in [-0.39, 0.29) is 11.8 Å². The Morgan fingerprint density at radius 1 is 1.17 bits per heavy atom. The highest BCUT2D eigenvalue weighted by molar-refractivity contribution is 9.10. The monoisotopic (exact) mass is 308 g/mol. The summed E-state index contributed by atoms with van der Waals surface area (Å²) in [5.74, 6) is 1.35. The fraction of sp³-hybridized carbons (Fsp3) is 0.250. The number of nitrogens with zero attached hydrogens (tertiary/aromatic N) is 3. The second kappa shape index (κ2) is 4.28. The molecule has 1 heterocycles. The summed E-state index contributed by atoms with van der Waals surface area (Å²) in [5.41, 5.74) is 6.27. The summed E-state index contributed by atoms with van der Waals surface area (Å²) < 4.78 is 14.0. The maximum absolute atomic E-state index is 13.4. The molecule has 0 saturated heterocycles. The van der Waals surface area contributed by atoms with E-state index in [0.717, 1.165) is 12.8 Å². The zero-order valence-corrected chi connectivity index (χ0v) is 11.0. The molecule has 0 unspecified atom stereocenters. The average molecular weight is 309 g/mol. The van der Waals surface area contributed by atoms with E-state index < -0.39 is 0 Å². The van der Waals surface area contributed by atoms with Crippen LogP contribution in [0.2, 0.25) is 0 Å². The van der Waals surface area contributed by atoms with E-state index in [9.17, 15) is 4.39 Å². The molecule has 0 spiro atoms. The zero-order chi connectivity index (χ0) is 12.7. The SMILES string of the molecule is Nc1nc(-c2cc(F)cc(Br)c2)nc(C2CC2)n1. The first-order valence-corrected chi connectivity index (χ1v) is 6.39. The summed E-state index contributed by atoms with van der Waals surface area (Å²) in [6, 6.07) is 4.53. The van der Waals surface area contributed by atoms with Crippen LogP contribution in [0.3, 0.4) is 0 Å². The smallest absolute Gasteiger partial charge is 0.223 e. The normalized spacial score (nSPS) is 14.8. The van der Waals surface area contributed by atoms with E-state index in [1.165, 1.54) is 12.1 Å². The van der Waals surface area contributed by atoms with Crippen molar-refractivity contribution in [3.8, 4) is 11.4 Å². The third kappa shape index (κ3) is 2.33. The van der Waals surface area contributed by atoms with Crippen molar-refractivity contribution in [3.05, 3.63) is 34.3 Å². The van der Waals surface area contributed by atoms with Crippen molar-refractivity contribution in [2.45, 2.75) is 18.8 Å². The first-order chi connectivity index (χ1) is 8.61. The lowest BCUT2D eigenvalue weighted by molar-refractivity contribution is 0.627. The Balaban J connectivity index is 2.09. The van der Waals surface area contributed by atoms with Crippen molar-refractivity contribution in [1.82, 2.24) is 15.0 Å². The van der Waals surface area contributed by atoms with Crippen molar-refractivity contribution in [2.75, 3.05) is 5.73 Å². The molecule has 4 nitrogen and oxygen atoms in total. The number of nitrogens with two attached hydrogens (primary N) is 1.